The second-order valence-corrected chi connectivity index (χ2v) is 4.89. The van der Waals surface area contributed by atoms with E-state index in [1.54, 1.807) is 31.2 Å². The van der Waals surface area contributed by atoms with Crippen LogP contribution < -0.4 is 0 Å². The normalized spacial score (nSPS) is 10.3. The van der Waals surface area contributed by atoms with Crippen LogP contribution >= 0.6 is 11.3 Å². The van der Waals surface area contributed by atoms with Crippen molar-refractivity contribution in [2.75, 3.05) is 6.61 Å². The van der Waals surface area contributed by atoms with Gasteiger partial charge >= 0.3 is 5.97 Å². The van der Waals surface area contributed by atoms with Crippen LogP contribution in [0.1, 0.15) is 21.6 Å². The van der Waals surface area contributed by atoms with Gasteiger partial charge in [0.25, 0.3) is 0 Å². The van der Waals surface area contributed by atoms with E-state index in [1.165, 1.54) is 11.3 Å². The maximum absolute atomic E-state index is 11.6. The molecule has 0 aliphatic carbocycles. The first-order valence-electron chi connectivity index (χ1n) is 5.55. The van der Waals surface area contributed by atoms with Crippen molar-refractivity contribution in [2.45, 2.75) is 13.8 Å². The monoisotopic (exact) mass is 263 g/mol. The number of benzene rings is 1. The third kappa shape index (κ3) is 2.51. The first kappa shape index (κ1) is 12.6. The summed E-state index contributed by atoms with van der Waals surface area (Å²) in [5, 5.41) is 9.60. The quantitative estimate of drug-likeness (QED) is 0.865. The lowest BCUT2D eigenvalue weighted by Gasteiger charge is -1.98. The smallest absolute Gasteiger partial charge is 0.367 e. The number of aromatic nitrogens is 1. The molecule has 1 heterocycles. The average molecular weight is 263 g/mol. The number of esters is 1. The number of thiazole rings is 1. The second kappa shape index (κ2) is 5.18. The number of phenols is 1. The average Bonchev–Trinajstić information content (AvgIpc) is 2.73. The summed E-state index contributed by atoms with van der Waals surface area (Å²) in [7, 11) is 0. The molecule has 4 nitrogen and oxygen atoms in total. The van der Waals surface area contributed by atoms with Gasteiger partial charge < -0.3 is 9.84 Å². The lowest BCUT2D eigenvalue weighted by Crippen LogP contribution is -2.03. The molecule has 1 aromatic heterocycles. The molecular formula is C13H13NO3S. The van der Waals surface area contributed by atoms with Crippen molar-refractivity contribution >= 4 is 17.3 Å². The third-order valence-electron chi connectivity index (χ3n) is 2.39. The van der Waals surface area contributed by atoms with Crippen LogP contribution in [0.3, 0.4) is 0 Å². The lowest BCUT2D eigenvalue weighted by atomic mass is 10.1. The van der Waals surface area contributed by atoms with E-state index < -0.39 is 5.97 Å². The molecule has 0 fully saturated rings. The minimum Gasteiger partial charge on any atom is -0.508 e. The van der Waals surface area contributed by atoms with E-state index in [0.717, 1.165) is 16.1 Å². The largest absolute Gasteiger partial charge is 0.508 e. The number of ether oxygens (including phenoxy) is 1. The third-order valence-corrected chi connectivity index (χ3v) is 3.34. The summed E-state index contributed by atoms with van der Waals surface area (Å²) in [6.45, 7) is 4.01. The van der Waals surface area contributed by atoms with E-state index in [1.807, 2.05) is 6.92 Å². The van der Waals surface area contributed by atoms with Gasteiger partial charge in [-0.2, -0.15) is 0 Å². The summed E-state index contributed by atoms with van der Waals surface area (Å²) >= 11 is 1.31. The SMILES string of the molecule is CCOC(=O)c1nc(-c2ccc(O)cc2)c(C)s1. The zero-order valence-corrected chi connectivity index (χ0v) is 11.0. The maximum Gasteiger partial charge on any atom is 0.367 e. The van der Waals surface area contributed by atoms with Crippen molar-refractivity contribution in [3.05, 3.63) is 34.2 Å². The Morgan fingerprint density at radius 1 is 1.39 bits per heavy atom. The van der Waals surface area contributed by atoms with Gasteiger partial charge in [-0.1, -0.05) is 0 Å². The molecule has 0 radical (unpaired) electrons. The zero-order chi connectivity index (χ0) is 13.1. The number of aromatic hydroxyl groups is 1. The molecule has 0 atom stereocenters. The van der Waals surface area contributed by atoms with Crippen LogP contribution in [-0.4, -0.2) is 22.7 Å². The van der Waals surface area contributed by atoms with Gasteiger partial charge in [0, 0.05) is 10.4 Å². The Labute approximate surface area is 109 Å². The van der Waals surface area contributed by atoms with Crippen LogP contribution in [0.4, 0.5) is 0 Å². The second-order valence-electron chi connectivity index (χ2n) is 3.69. The lowest BCUT2D eigenvalue weighted by molar-refractivity contribution is 0.0526. The van der Waals surface area contributed by atoms with Crippen molar-refractivity contribution in [1.82, 2.24) is 4.98 Å². The Balaban J connectivity index is 2.34. The van der Waals surface area contributed by atoms with Crippen molar-refractivity contribution in [2.24, 2.45) is 0 Å². The van der Waals surface area contributed by atoms with Crippen LogP contribution in [0, 0.1) is 6.92 Å². The number of carbonyl (C=O) groups excluding carboxylic acids is 1. The molecule has 0 spiro atoms. The molecule has 0 aliphatic heterocycles. The Kier molecular flexibility index (Phi) is 3.62. The van der Waals surface area contributed by atoms with E-state index in [2.05, 4.69) is 4.98 Å². The molecule has 0 unspecified atom stereocenters. The molecule has 2 aromatic rings. The standard InChI is InChI=1S/C13H13NO3S/c1-3-17-13(16)12-14-11(8(2)18-12)9-4-6-10(15)7-5-9/h4-7,15H,3H2,1-2H3. The van der Waals surface area contributed by atoms with E-state index >= 15 is 0 Å². The van der Waals surface area contributed by atoms with Crippen LogP contribution in [-0.2, 0) is 4.74 Å². The van der Waals surface area contributed by atoms with Gasteiger partial charge in [-0.05, 0) is 38.1 Å². The summed E-state index contributed by atoms with van der Waals surface area (Å²) in [5.41, 5.74) is 1.63. The molecule has 0 bridgehead atoms. The Morgan fingerprint density at radius 2 is 2.06 bits per heavy atom. The Hall–Kier alpha value is -1.88. The molecule has 0 saturated carbocycles. The highest BCUT2D eigenvalue weighted by atomic mass is 32.1. The fourth-order valence-corrected chi connectivity index (χ4v) is 2.39. The highest BCUT2D eigenvalue weighted by Gasteiger charge is 2.16. The minimum atomic E-state index is -0.393. The van der Waals surface area contributed by atoms with Crippen LogP contribution in [0.25, 0.3) is 11.3 Å². The van der Waals surface area contributed by atoms with Crippen molar-refractivity contribution in [3.8, 4) is 17.0 Å². The molecule has 0 saturated heterocycles. The summed E-state index contributed by atoms with van der Waals surface area (Å²) < 4.78 is 4.92. The fraction of sp³-hybridized carbons (Fsp3) is 0.231. The van der Waals surface area contributed by atoms with Gasteiger partial charge in [-0.25, -0.2) is 9.78 Å². The number of phenolic OH excluding ortho intramolecular Hbond substituents is 1. The van der Waals surface area contributed by atoms with Gasteiger partial charge in [0.2, 0.25) is 5.01 Å². The molecule has 2 rings (SSSR count). The summed E-state index contributed by atoms with van der Waals surface area (Å²) in [4.78, 5) is 16.8. The highest BCUT2D eigenvalue weighted by molar-refractivity contribution is 7.13. The molecule has 5 heteroatoms. The molecule has 18 heavy (non-hydrogen) atoms. The predicted octanol–water partition coefficient (Wildman–Crippen LogP) is 3.00. The maximum atomic E-state index is 11.6. The molecule has 0 amide bonds. The van der Waals surface area contributed by atoms with E-state index in [0.29, 0.717) is 11.6 Å². The summed E-state index contributed by atoms with van der Waals surface area (Å²) in [5.74, 6) is -0.187. The summed E-state index contributed by atoms with van der Waals surface area (Å²) in [6.07, 6.45) is 0. The number of carbonyl (C=O) groups is 1. The van der Waals surface area contributed by atoms with Gasteiger partial charge in [-0.15, -0.1) is 11.3 Å². The van der Waals surface area contributed by atoms with Gasteiger partial charge in [0.05, 0.1) is 12.3 Å². The van der Waals surface area contributed by atoms with E-state index in [9.17, 15) is 9.90 Å². The molecule has 94 valence electrons. The first-order chi connectivity index (χ1) is 8.61. The minimum absolute atomic E-state index is 0.206. The fourth-order valence-electron chi connectivity index (χ4n) is 1.56. The Morgan fingerprint density at radius 3 is 2.67 bits per heavy atom. The van der Waals surface area contributed by atoms with Gasteiger partial charge in [-0.3, -0.25) is 0 Å². The first-order valence-corrected chi connectivity index (χ1v) is 6.37. The molecule has 1 N–H and O–H groups in total. The number of nitrogens with zero attached hydrogens (tertiary/aromatic N) is 1. The van der Waals surface area contributed by atoms with Crippen LogP contribution in [0.5, 0.6) is 5.75 Å². The number of aryl methyl sites for hydroxylation is 1. The molecular weight excluding hydrogens is 250 g/mol. The Bertz CT molecular complexity index is 560. The van der Waals surface area contributed by atoms with E-state index in [-0.39, 0.29) is 5.75 Å². The predicted molar refractivity (Wildman–Crippen MR) is 69.9 cm³/mol. The van der Waals surface area contributed by atoms with Crippen molar-refractivity contribution in [3.63, 3.8) is 0 Å². The molecule has 0 aliphatic rings. The van der Waals surface area contributed by atoms with Crippen molar-refractivity contribution < 1.29 is 14.6 Å². The highest BCUT2D eigenvalue weighted by Crippen LogP contribution is 2.28. The van der Waals surface area contributed by atoms with Gasteiger partial charge in [0.1, 0.15) is 5.75 Å². The van der Waals surface area contributed by atoms with Crippen LogP contribution in [0.2, 0.25) is 0 Å². The molecule has 1 aromatic carbocycles. The van der Waals surface area contributed by atoms with Gasteiger partial charge in [0.15, 0.2) is 0 Å². The number of rotatable bonds is 3. The summed E-state index contributed by atoms with van der Waals surface area (Å²) in [6, 6.07) is 6.73. The number of hydrogen-bond donors (Lipinski definition) is 1. The van der Waals surface area contributed by atoms with Crippen molar-refractivity contribution in [1.29, 1.82) is 0 Å². The van der Waals surface area contributed by atoms with Crippen LogP contribution in [0.15, 0.2) is 24.3 Å². The van der Waals surface area contributed by atoms with E-state index in [4.69, 9.17) is 4.74 Å². The zero-order valence-electron chi connectivity index (χ0n) is 10.1. The number of hydrogen-bond acceptors (Lipinski definition) is 5. The topological polar surface area (TPSA) is 59.4 Å².